The van der Waals surface area contributed by atoms with E-state index in [-0.39, 0.29) is 5.54 Å². The van der Waals surface area contributed by atoms with E-state index in [4.69, 9.17) is 0 Å². The van der Waals surface area contributed by atoms with Crippen LogP contribution in [-0.4, -0.2) is 36.6 Å². The zero-order valence-corrected chi connectivity index (χ0v) is 11.7. The fourth-order valence-corrected chi connectivity index (χ4v) is 1.29. The van der Waals surface area contributed by atoms with Crippen LogP contribution in [0, 0.1) is 5.92 Å². The Hall–Kier alpha value is -0.0800. The van der Waals surface area contributed by atoms with Crippen LogP contribution in [0.15, 0.2) is 0 Å². The topological polar surface area (TPSA) is 15.3 Å². The van der Waals surface area contributed by atoms with Gasteiger partial charge in [0.15, 0.2) is 0 Å². The number of hydrogen-bond acceptors (Lipinski definition) is 2. The van der Waals surface area contributed by atoms with Crippen molar-refractivity contribution in [3.8, 4) is 0 Å². The van der Waals surface area contributed by atoms with Gasteiger partial charge < -0.3 is 10.2 Å². The van der Waals surface area contributed by atoms with Gasteiger partial charge in [0, 0.05) is 18.1 Å². The average molecular weight is 214 g/mol. The lowest BCUT2D eigenvalue weighted by molar-refractivity contribution is 0.224. The van der Waals surface area contributed by atoms with Crippen molar-refractivity contribution in [1.29, 1.82) is 0 Å². The molecule has 0 aliphatic rings. The Morgan fingerprint density at radius 1 is 1.13 bits per heavy atom. The van der Waals surface area contributed by atoms with Gasteiger partial charge in [-0.2, -0.15) is 0 Å². The van der Waals surface area contributed by atoms with Gasteiger partial charge in [0.2, 0.25) is 0 Å². The van der Waals surface area contributed by atoms with Gasteiger partial charge >= 0.3 is 0 Å². The molecule has 2 nitrogen and oxygen atoms in total. The van der Waals surface area contributed by atoms with E-state index in [1.165, 1.54) is 13.0 Å². The lowest BCUT2D eigenvalue weighted by atomic mass is 10.1. The van der Waals surface area contributed by atoms with E-state index in [9.17, 15) is 0 Å². The van der Waals surface area contributed by atoms with Crippen LogP contribution in [0.3, 0.4) is 0 Å². The molecule has 2 heteroatoms. The highest BCUT2D eigenvalue weighted by atomic mass is 15.1. The molecule has 0 fully saturated rings. The third kappa shape index (κ3) is 8.88. The molecule has 1 unspecified atom stereocenters. The van der Waals surface area contributed by atoms with Crippen LogP contribution >= 0.6 is 0 Å². The van der Waals surface area contributed by atoms with Crippen molar-refractivity contribution >= 4 is 0 Å². The van der Waals surface area contributed by atoms with Gasteiger partial charge in [-0.3, -0.25) is 0 Å². The highest BCUT2D eigenvalue weighted by molar-refractivity contribution is 4.75. The fraction of sp³-hybridized carbons (Fsp3) is 1.00. The number of rotatable bonds is 6. The molecule has 0 rings (SSSR count). The second-order valence-electron chi connectivity index (χ2n) is 6.14. The molecule has 0 saturated heterocycles. The second kappa shape index (κ2) is 6.49. The number of likely N-dealkylation sites (N-methyl/N-ethyl adjacent to an activating group) is 1. The highest BCUT2D eigenvalue weighted by Crippen LogP contribution is 2.05. The standard InChI is InChI=1S/C13H30N2/c1-11(2)8-9-15(7)12(3)10-14-13(4,5)6/h11-12,14H,8-10H2,1-7H3. The van der Waals surface area contributed by atoms with Crippen LogP contribution < -0.4 is 5.32 Å². The summed E-state index contributed by atoms with van der Waals surface area (Å²) in [6.45, 7) is 15.8. The Morgan fingerprint density at radius 3 is 2.07 bits per heavy atom. The molecule has 0 bridgehead atoms. The Kier molecular flexibility index (Phi) is 6.46. The van der Waals surface area contributed by atoms with Crippen LogP contribution in [0.5, 0.6) is 0 Å². The first-order valence-electron chi connectivity index (χ1n) is 6.17. The maximum atomic E-state index is 3.55. The molecule has 0 saturated carbocycles. The summed E-state index contributed by atoms with van der Waals surface area (Å²) in [5.41, 5.74) is 0.229. The van der Waals surface area contributed by atoms with E-state index in [1.54, 1.807) is 0 Å². The molecular formula is C13H30N2. The Balaban J connectivity index is 3.74. The highest BCUT2D eigenvalue weighted by Gasteiger charge is 2.13. The summed E-state index contributed by atoms with van der Waals surface area (Å²) in [4.78, 5) is 2.44. The molecule has 0 aliphatic heterocycles. The van der Waals surface area contributed by atoms with Crippen LogP contribution in [0.4, 0.5) is 0 Å². The molecule has 0 amide bonds. The smallest absolute Gasteiger partial charge is 0.0189 e. The third-order valence-corrected chi connectivity index (χ3v) is 2.74. The van der Waals surface area contributed by atoms with Crippen molar-refractivity contribution in [2.24, 2.45) is 5.92 Å². The molecule has 0 heterocycles. The van der Waals surface area contributed by atoms with Crippen molar-refractivity contribution in [3.05, 3.63) is 0 Å². The lowest BCUT2D eigenvalue weighted by Gasteiger charge is -2.29. The van der Waals surface area contributed by atoms with Crippen LogP contribution in [0.2, 0.25) is 0 Å². The van der Waals surface area contributed by atoms with E-state index in [1.807, 2.05) is 0 Å². The molecule has 0 aromatic rings. The average Bonchev–Trinajstić information content (AvgIpc) is 2.08. The van der Waals surface area contributed by atoms with Crippen molar-refractivity contribution < 1.29 is 0 Å². The van der Waals surface area contributed by atoms with Gasteiger partial charge in [-0.1, -0.05) is 13.8 Å². The van der Waals surface area contributed by atoms with Crippen molar-refractivity contribution in [3.63, 3.8) is 0 Å². The maximum absolute atomic E-state index is 3.55. The largest absolute Gasteiger partial charge is 0.311 e. The molecule has 0 aromatic carbocycles. The number of nitrogens with one attached hydrogen (secondary N) is 1. The summed E-state index contributed by atoms with van der Waals surface area (Å²) in [5.74, 6) is 0.801. The number of hydrogen-bond donors (Lipinski definition) is 1. The zero-order valence-electron chi connectivity index (χ0n) is 11.7. The Labute approximate surface area is 96.4 Å². The minimum absolute atomic E-state index is 0.229. The van der Waals surface area contributed by atoms with Gasteiger partial charge in [-0.15, -0.1) is 0 Å². The fourth-order valence-electron chi connectivity index (χ4n) is 1.29. The molecule has 0 aromatic heterocycles. The van der Waals surface area contributed by atoms with Gasteiger partial charge in [-0.25, -0.2) is 0 Å². The van der Waals surface area contributed by atoms with E-state index in [0.717, 1.165) is 12.5 Å². The summed E-state index contributed by atoms with van der Waals surface area (Å²) in [6.07, 6.45) is 1.29. The lowest BCUT2D eigenvalue weighted by Crippen LogP contribution is -2.45. The summed E-state index contributed by atoms with van der Waals surface area (Å²) >= 11 is 0. The van der Waals surface area contributed by atoms with Gasteiger partial charge in [-0.05, 0) is 53.6 Å². The summed E-state index contributed by atoms with van der Waals surface area (Å²) in [6, 6.07) is 0.614. The quantitative estimate of drug-likeness (QED) is 0.731. The predicted octanol–water partition coefficient (Wildman–Crippen LogP) is 2.74. The monoisotopic (exact) mass is 214 g/mol. The van der Waals surface area contributed by atoms with Crippen molar-refractivity contribution in [1.82, 2.24) is 10.2 Å². The molecule has 0 aliphatic carbocycles. The van der Waals surface area contributed by atoms with Gasteiger partial charge in [0.1, 0.15) is 0 Å². The first kappa shape index (κ1) is 14.9. The second-order valence-corrected chi connectivity index (χ2v) is 6.14. The van der Waals surface area contributed by atoms with E-state index in [2.05, 4.69) is 58.8 Å². The van der Waals surface area contributed by atoms with Gasteiger partial charge in [0.05, 0.1) is 0 Å². The summed E-state index contributed by atoms with van der Waals surface area (Å²) in [7, 11) is 2.22. The SMILES string of the molecule is CC(C)CCN(C)C(C)CNC(C)(C)C. The first-order valence-corrected chi connectivity index (χ1v) is 6.17. The summed E-state index contributed by atoms with van der Waals surface area (Å²) < 4.78 is 0. The summed E-state index contributed by atoms with van der Waals surface area (Å²) in [5, 5.41) is 3.55. The van der Waals surface area contributed by atoms with E-state index in [0.29, 0.717) is 6.04 Å². The molecule has 0 radical (unpaired) electrons. The van der Waals surface area contributed by atoms with Crippen molar-refractivity contribution in [2.45, 2.75) is 59.5 Å². The molecule has 1 N–H and O–H groups in total. The van der Waals surface area contributed by atoms with Crippen LogP contribution in [0.25, 0.3) is 0 Å². The first-order chi connectivity index (χ1) is 6.72. The molecule has 15 heavy (non-hydrogen) atoms. The third-order valence-electron chi connectivity index (χ3n) is 2.74. The molecule has 1 atom stereocenters. The van der Waals surface area contributed by atoms with Gasteiger partial charge in [0.25, 0.3) is 0 Å². The minimum atomic E-state index is 0.229. The Morgan fingerprint density at radius 2 is 1.67 bits per heavy atom. The van der Waals surface area contributed by atoms with E-state index >= 15 is 0 Å². The van der Waals surface area contributed by atoms with Crippen LogP contribution in [-0.2, 0) is 0 Å². The van der Waals surface area contributed by atoms with Crippen molar-refractivity contribution in [2.75, 3.05) is 20.1 Å². The molecule has 92 valence electrons. The van der Waals surface area contributed by atoms with Crippen LogP contribution in [0.1, 0.15) is 48.0 Å². The Bertz CT molecular complexity index is 158. The number of nitrogens with zero attached hydrogens (tertiary/aromatic N) is 1. The molecular weight excluding hydrogens is 184 g/mol. The molecule has 0 spiro atoms. The zero-order chi connectivity index (χ0) is 12.1. The predicted molar refractivity (Wildman–Crippen MR) is 69.3 cm³/mol. The minimum Gasteiger partial charge on any atom is -0.311 e. The maximum Gasteiger partial charge on any atom is 0.0189 e. The normalized spacial score (nSPS) is 15.0. The van der Waals surface area contributed by atoms with E-state index < -0.39 is 0 Å².